The van der Waals surface area contributed by atoms with Crippen LogP contribution in [0.25, 0.3) is 16.9 Å². The molecule has 0 bridgehead atoms. The molecule has 0 aliphatic heterocycles. The number of ether oxygens (including phenoxy) is 1. The Hall–Kier alpha value is -4.80. The van der Waals surface area contributed by atoms with Crippen molar-refractivity contribution >= 4 is 29.8 Å². The Bertz CT molecular complexity index is 1560. The van der Waals surface area contributed by atoms with E-state index in [1.54, 1.807) is 36.0 Å². The van der Waals surface area contributed by atoms with Crippen LogP contribution in [0.3, 0.4) is 0 Å². The number of carbonyl (C=O) groups is 1. The molecule has 2 aromatic carbocycles. The van der Waals surface area contributed by atoms with Crippen molar-refractivity contribution in [3.8, 4) is 22.9 Å². The van der Waals surface area contributed by atoms with Crippen LogP contribution in [-0.2, 0) is 0 Å². The average Bonchev–Trinajstić information content (AvgIpc) is 3.63. The van der Waals surface area contributed by atoms with Crippen LogP contribution >= 0.6 is 0 Å². The molecule has 3 N–H and O–H groups in total. The number of aryl methyl sites for hydroxylation is 1. The number of hydrogen-bond donors (Lipinski definition) is 3. The zero-order valence-electron chi connectivity index (χ0n) is 21.7. The summed E-state index contributed by atoms with van der Waals surface area (Å²) < 4.78 is 21.4. The number of hydrazone groups is 1. The van der Waals surface area contributed by atoms with Crippen LogP contribution < -0.4 is 20.8 Å². The highest BCUT2D eigenvalue weighted by Crippen LogP contribution is 2.30. The molecule has 0 atom stereocenters. The first-order chi connectivity index (χ1) is 18.9. The molecule has 4 aromatic rings. The molecule has 0 spiro atoms. The van der Waals surface area contributed by atoms with Gasteiger partial charge in [0.15, 0.2) is 5.65 Å². The largest absolute Gasteiger partial charge is 0.437 e. The van der Waals surface area contributed by atoms with E-state index in [0.717, 1.165) is 24.0 Å². The number of carbonyl (C=O) groups excluding carboxylic acids is 1. The molecule has 1 fully saturated rings. The van der Waals surface area contributed by atoms with Gasteiger partial charge in [0.1, 0.15) is 17.4 Å². The second-order valence-electron chi connectivity index (χ2n) is 9.23. The maximum atomic E-state index is 13.8. The number of hydrogen-bond acceptors (Lipinski definition) is 7. The quantitative estimate of drug-likeness (QED) is 0.158. The number of halogens is 1. The number of nitrogens with one attached hydrogen (secondary N) is 3. The Morgan fingerprint density at radius 2 is 2.08 bits per heavy atom. The number of aromatic nitrogens is 3. The van der Waals surface area contributed by atoms with Crippen molar-refractivity contribution in [2.24, 2.45) is 10.1 Å². The van der Waals surface area contributed by atoms with Gasteiger partial charge in [0.05, 0.1) is 17.6 Å². The molecular formula is C28H29FN8O2. The molecule has 0 unspecified atom stereocenters. The fraction of sp³-hybridized carbons (Fsp3) is 0.250. The third-order valence-electron chi connectivity index (χ3n) is 6.30. The Kier molecular flexibility index (Phi) is 7.48. The minimum absolute atomic E-state index is 0.0637. The van der Waals surface area contributed by atoms with Gasteiger partial charge in [0, 0.05) is 56.0 Å². The van der Waals surface area contributed by atoms with E-state index < -0.39 is 5.82 Å². The molecule has 0 saturated heterocycles. The molecule has 39 heavy (non-hydrogen) atoms. The van der Waals surface area contributed by atoms with Gasteiger partial charge in [-0.25, -0.2) is 13.9 Å². The maximum absolute atomic E-state index is 13.8. The molecule has 1 aliphatic carbocycles. The van der Waals surface area contributed by atoms with Gasteiger partial charge in [-0.3, -0.25) is 15.2 Å². The second kappa shape index (κ2) is 11.3. The highest BCUT2D eigenvalue weighted by molar-refractivity contribution is 5.96. The fourth-order valence-corrected chi connectivity index (χ4v) is 4.17. The molecule has 11 heteroatoms. The van der Waals surface area contributed by atoms with Crippen LogP contribution in [0.5, 0.6) is 11.6 Å². The molecule has 5 rings (SSSR count). The SMILES string of the molecule is C=NNC(CCNc1cc(Oc2cccc(F)c2)nn2c(-c3ccc(C(=O)NC4CC4)c(C)c3)cnc12)=NC. The van der Waals surface area contributed by atoms with Gasteiger partial charge in [-0.05, 0) is 49.6 Å². The summed E-state index contributed by atoms with van der Waals surface area (Å²) in [5.74, 6) is 0.766. The van der Waals surface area contributed by atoms with Crippen molar-refractivity contribution in [2.45, 2.75) is 32.2 Å². The van der Waals surface area contributed by atoms with Gasteiger partial charge in [0.2, 0.25) is 5.88 Å². The summed E-state index contributed by atoms with van der Waals surface area (Å²) in [6.45, 7) is 5.86. The number of fused-ring (bicyclic) bond motifs is 1. The summed E-state index contributed by atoms with van der Waals surface area (Å²) in [6, 6.07) is 13.5. The molecule has 1 saturated carbocycles. The monoisotopic (exact) mass is 528 g/mol. The first-order valence-electron chi connectivity index (χ1n) is 12.6. The van der Waals surface area contributed by atoms with Gasteiger partial charge >= 0.3 is 0 Å². The van der Waals surface area contributed by atoms with E-state index in [1.165, 1.54) is 12.1 Å². The van der Waals surface area contributed by atoms with Gasteiger partial charge in [-0.1, -0.05) is 12.1 Å². The number of imidazole rings is 1. The predicted octanol–water partition coefficient (Wildman–Crippen LogP) is 4.56. The summed E-state index contributed by atoms with van der Waals surface area (Å²) in [5.41, 5.74) is 7.05. The van der Waals surface area contributed by atoms with Gasteiger partial charge in [-0.15, -0.1) is 5.10 Å². The first-order valence-corrected chi connectivity index (χ1v) is 12.6. The van der Waals surface area contributed by atoms with Crippen LogP contribution in [0.2, 0.25) is 0 Å². The van der Waals surface area contributed by atoms with Crippen molar-refractivity contribution in [3.63, 3.8) is 0 Å². The van der Waals surface area contributed by atoms with Crippen LogP contribution in [0.1, 0.15) is 35.2 Å². The molecular weight excluding hydrogens is 499 g/mol. The Labute approximate surface area is 225 Å². The summed E-state index contributed by atoms with van der Waals surface area (Å²) in [4.78, 5) is 21.4. The number of amidine groups is 1. The van der Waals surface area contributed by atoms with E-state index in [-0.39, 0.29) is 17.8 Å². The predicted molar refractivity (Wildman–Crippen MR) is 149 cm³/mol. The summed E-state index contributed by atoms with van der Waals surface area (Å²) in [6.07, 6.45) is 4.34. The van der Waals surface area contributed by atoms with Crippen molar-refractivity contribution in [3.05, 3.63) is 71.7 Å². The number of amides is 1. The Balaban J connectivity index is 1.49. The topological polar surface area (TPSA) is 117 Å². The number of anilines is 1. The lowest BCUT2D eigenvalue weighted by atomic mass is 10.0. The smallest absolute Gasteiger partial charge is 0.251 e. The van der Waals surface area contributed by atoms with Gasteiger partial charge < -0.3 is 15.4 Å². The summed E-state index contributed by atoms with van der Waals surface area (Å²) in [7, 11) is 1.67. The van der Waals surface area contributed by atoms with E-state index in [1.807, 2.05) is 25.1 Å². The Morgan fingerprint density at radius 3 is 2.79 bits per heavy atom. The zero-order valence-corrected chi connectivity index (χ0v) is 21.7. The minimum Gasteiger partial charge on any atom is -0.437 e. The minimum atomic E-state index is -0.411. The van der Waals surface area contributed by atoms with E-state index >= 15 is 0 Å². The molecule has 2 aromatic heterocycles. The molecule has 2 heterocycles. The lowest BCUT2D eigenvalue weighted by Crippen LogP contribution is -2.26. The third-order valence-corrected chi connectivity index (χ3v) is 6.30. The standard InChI is InChI=1S/C28H29FN8O2/c1-17-13-18(7-10-22(17)28(38)34-20-8-9-20)24-16-33-27-23(32-12-11-25(30-2)35-31-3)15-26(36-37(24)27)39-21-6-4-5-19(29)14-21/h4-7,10,13-16,20,32H,3,8-9,11-12H2,1-2H3,(H,30,35)(H,34,38). The maximum Gasteiger partial charge on any atom is 0.251 e. The van der Waals surface area contributed by atoms with Crippen LogP contribution in [0, 0.1) is 12.7 Å². The number of benzene rings is 2. The number of nitrogens with zero attached hydrogens (tertiary/aromatic N) is 5. The Morgan fingerprint density at radius 1 is 1.23 bits per heavy atom. The second-order valence-corrected chi connectivity index (χ2v) is 9.23. The van der Waals surface area contributed by atoms with Crippen molar-refractivity contribution in [2.75, 3.05) is 18.9 Å². The zero-order chi connectivity index (χ0) is 27.4. The average molecular weight is 529 g/mol. The van der Waals surface area contributed by atoms with Crippen LogP contribution in [0.4, 0.5) is 10.1 Å². The van der Waals surface area contributed by atoms with Gasteiger partial charge in [0.25, 0.3) is 5.91 Å². The van der Waals surface area contributed by atoms with Crippen LogP contribution in [0.15, 0.2) is 64.8 Å². The molecule has 1 aliphatic rings. The van der Waals surface area contributed by atoms with Crippen LogP contribution in [-0.4, -0.2) is 52.7 Å². The lowest BCUT2D eigenvalue weighted by molar-refractivity contribution is 0.0950. The van der Waals surface area contributed by atoms with E-state index in [4.69, 9.17) is 4.74 Å². The first kappa shape index (κ1) is 25.8. The fourth-order valence-electron chi connectivity index (χ4n) is 4.17. The van der Waals surface area contributed by atoms with Crippen molar-refractivity contribution in [1.29, 1.82) is 0 Å². The highest BCUT2D eigenvalue weighted by Gasteiger charge is 2.24. The van der Waals surface area contributed by atoms with E-state index in [9.17, 15) is 9.18 Å². The number of aliphatic imine (C=N–C) groups is 1. The van der Waals surface area contributed by atoms with E-state index in [0.29, 0.717) is 47.1 Å². The lowest BCUT2D eigenvalue weighted by Gasteiger charge is -2.13. The van der Waals surface area contributed by atoms with Crippen molar-refractivity contribution < 1.29 is 13.9 Å². The molecule has 10 nitrogen and oxygen atoms in total. The normalized spacial score (nSPS) is 13.3. The summed E-state index contributed by atoms with van der Waals surface area (Å²) in [5, 5.41) is 14.7. The molecule has 200 valence electrons. The number of rotatable bonds is 10. The third kappa shape index (κ3) is 6.03. The summed E-state index contributed by atoms with van der Waals surface area (Å²) >= 11 is 0. The van der Waals surface area contributed by atoms with E-state index in [2.05, 4.69) is 43.0 Å². The molecule has 1 amide bonds. The molecule has 0 radical (unpaired) electrons. The highest BCUT2D eigenvalue weighted by atomic mass is 19.1. The van der Waals surface area contributed by atoms with Crippen molar-refractivity contribution in [1.82, 2.24) is 25.3 Å². The van der Waals surface area contributed by atoms with Gasteiger partial charge in [-0.2, -0.15) is 5.10 Å².